The van der Waals surface area contributed by atoms with Gasteiger partial charge < -0.3 is 5.32 Å². The maximum atomic E-state index is 13.4. The molecule has 0 aromatic rings. The van der Waals surface area contributed by atoms with E-state index in [4.69, 9.17) is 5.84 Å². The summed E-state index contributed by atoms with van der Waals surface area (Å²) in [5.74, 6) is 11.6. The molecule has 5 rings (SSSR count). The third-order valence-electron chi connectivity index (χ3n) is 10.9. The molecule has 5 aliphatic carbocycles. The van der Waals surface area contributed by atoms with E-state index in [1.54, 1.807) is 0 Å². The molecule has 8 atom stereocenters. The number of hydrogen-bond donors (Lipinski definition) is 2. The van der Waals surface area contributed by atoms with Gasteiger partial charge in [0.1, 0.15) is 0 Å². The second-order valence-electron chi connectivity index (χ2n) is 12.6. The minimum Gasteiger partial charge on any atom is -0.334 e. The molecule has 32 heavy (non-hydrogen) atoms. The average molecular weight is 444 g/mol. The van der Waals surface area contributed by atoms with Crippen LogP contribution in [0.5, 0.6) is 0 Å². The number of hydrogen-bond acceptors (Lipinski definition) is 3. The highest BCUT2D eigenvalue weighted by Gasteiger charge is 2.58. The number of hydrazine groups is 1. The topological polar surface area (TPSA) is 75.4 Å². The van der Waals surface area contributed by atoms with Crippen molar-refractivity contribution in [3.8, 4) is 0 Å². The van der Waals surface area contributed by atoms with Gasteiger partial charge in [0.2, 0.25) is 0 Å². The molecule has 5 fully saturated rings. The predicted octanol–water partition coefficient (Wildman–Crippen LogP) is 5.29. The Morgan fingerprint density at radius 2 is 1.69 bits per heavy atom. The van der Waals surface area contributed by atoms with E-state index in [0.717, 1.165) is 53.9 Å². The van der Waals surface area contributed by atoms with Crippen LogP contribution in [0.15, 0.2) is 0 Å². The van der Waals surface area contributed by atoms with E-state index in [1.165, 1.54) is 64.2 Å². The number of rotatable bonds is 4. The van der Waals surface area contributed by atoms with Gasteiger partial charge in [-0.15, -0.1) is 0 Å². The summed E-state index contributed by atoms with van der Waals surface area (Å²) in [5, 5.41) is 4.17. The van der Waals surface area contributed by atoms with Crippen LogP contribution < -0.4 is 11.2 Å². The molecule has 0 aromatic heterocycles. The Hall–Kier alpha value is -1.10. The molecule has 180 valence electrons. The van der Waals surface area contributed by atoms with Gasteiger partial charge in [0.05, 0.1) is 6.54 Å². The summed E-state index contributed by atoms with van der Waals surface area (Å²) >= 11 is 0. The maximum Gasteiger partial charge on any atom is 0.332 e. The quantitative estimate of drug-likeness (QED) is 0.352. The molecule has 5 heteroatoms. The van der Waals surface area contributed by atoms with E-state index in [2.05, 4.69) is 19.2 Å². The Morgan fingerprint density at radius 1 is 0.938 bits per heavy atom. The Labute approximate surface area is 194 Å². The molecule has 3 N–H and O–H groups in total. The van der Waals surface area contributed by atoms with Crippen LogP contribution in [-0.2, 0) is 4.79 Å². The number of nitrogens with two attached hydrogens (primary N) is 1. The zero-order valence-electron chi connectivity index (χ0n) is 20.4. The summed E-state index contributed by atoms with van der Waals surface area (Å²) in [5.41, 5.74) is 0.107. The van der Waals surface area contributed by atoms with Crippen molar-refractivity contribution in [1.82, 2.24) is 10.3 Å². The zero-order chi connectivity index (χ0) is 22.5. The lowest BCUT2D eigenvalue weighted by atomic mass is 9.49. The zero-order valence-corrected chi connectivity index (χ0v) is 20.4. The summed E-state index contributed by atoms with van der Waals surface area (Å²) in [7, 11) is 0. The van der Waals surface area contributed by atoms with Crippen molar-refractivity contribution < 1.29 is 9.59 Å². The number of carbonyl (C=O) groups excluding carboxylic acids is 2. The Kier molecular flexibility index (Phi) is 6.32. The van der Waals surface area contributed by atoms with Gasteiger partial charge in [-0.3, -0.25) is 9.80 Å². The van der Waals surface area contributed by atoms with E-state index in [1.807, 2.05) is 0 Å². The van der Waals surface area contributed by atoms with Crippen LogP contribution in [0, 0.1) is 46.8 Å². The van der Waals surface area contributed by atoms with Gasteiger partial charge in [-0.1, -0.05) is 33.1 Å². The lowest BCUT2D eigenvalue weighted by Gasteiger charge is -2.56. The van der Waals surface area contributed by atoms with Crippen molar-refractivity contribution in [2.24, 2.45) is 52.7 Å². The Morgan fingerprint density at radius 3 is 2.47 bits per heavy atom. The minimum absolute atomic E-state index is 0.0578. The molecular formula is C27H45N3O2. The van der Waals surface area contributed by atoms with Gasteiger partial charge in [0.15, 0.2) is 5.78 Å². The lowest BCUT2D eigenvalue weighted by Crippen LogP contribution is -2.52. The predicted molar refractivity (Wildman–Crippen MR) is 126 cm³/mol. The fourth-order valence-corrected chi connectivity index (χ4v) is 9.29. The van der Waals surface area contributed by atoms with Crippen LogP contribution in [-0.4, -0.2) is 29.4 Å². The molecule has 8 unspecified atom stereocenters. The normalized spacial score (nSPS) is 43.8. The number of Topliss-reactive ketones (excluding diaryl/α,β-unsaturated/α-hetero) is 1. The highest BCUT2D eigenvalue weighted by Crippen LogP contribution is 2.64. The van der Waals surface area contributed by atoms with Gasteiger partial charge in [0, 0.05) is 12.0 Å². The summed E-state index contributed by atoms with van der Waals surface area (Å²) in [6.45, 7) is 4.91. The minimum atomic E-state index is -0.279. The van der Waals surface area contributed by atoms with E-state index in [-0.39, 0.29) is 35.7 Å². The molecule has 2 amide bonds. The molecule has 0 spiro atoms. The van der Waals surface area contributed by atoms with E-state index in [0.29, 0.717) is 5.92 Å². The van der Waals surface area contributed by atoms with E-state index in [9.17, 15) is 9.59 Å². The fraction of sp³-hybridized carbons (Fsp3) is 0.926. The van der Waals surface area contributed by atoms with Crippen molar-refractivity contribution >= 4 is 11.8 Å². The SMILES string of the molecule is CC1CCC2C(CCC3C2CCC2(C)C(C(=O)CN(N)C(=O)NC4CCCC4)CCC32)C1. The average Bonchev–Trinajstić information content (AvgIpc) is 3.40. The summed E-state index contributed by atoms with van der Waals surface area (Å²) < 4.78 is 0. The number of amides is 2. The van der Waals surface area contributed by atoms with E-state index < -0.39 is 0 Å². The largest absolute Gasteiger partial charge is 0.334 e. The highest BCUT2D eigenvalue weighted by molar-refractivity contribution is 5.87. The third-order valence-corrected chi connectivity index (χ3v) is 10.9. The van der Waals surface area contributed by atoms with Gasteiger partial charge in [0.25, 0.3) is 0 Å². The first-order valence-electron chi connectivity index (χ1n) is 13.7. The molecule has 0 bridgehead atoms. The number of urea groups is 1. The maximum absolute atomic E-state index is 13.4. The standard InChI is InChI=1S/C27H45N3O2/c1-17-7-9-20-18(15-17)8-10-22-21(20)13-14-27(2)23(22)11-12-24(27)25(31)16-30(28)26(32)29-19-5-3-4-6-19/h17-24H,3-16,28H2,1-2H3,(H,29,32). The van der Waals surface area contributed by atoms with Gasteiger partial charge in [-0.25, -0.2) is 10.6 Å². The van der Waals surface area contributed by atoms with Crippen LogP contribution in [0.4, 0.5) is 4.79 Å². The number of fused-ring (bicyclic) bond motifs is 5. The first-order valence-corrected chi connectivity index (χ1v) is 13.7. The van der Waals surface area contributed by atoms with Crippen LogP contribution in [0.3, 0.4) is 0 Å². The second kappa shape index (κ2) is 8.92. The molecule has 0 aromatic carbocycles. The van der Waals surface area contributed by atoms with Gasteiger partial charge in [-0.2, -0.15) is 0 Å². The summed E-state index contributed by atoms with van der Waals surface area (Å²) in [4.78, 5) is 25.9. The van der Waals surface area contributed by atoms with Crippen molar-refractivity contribution in [3.63, 3.8) is 0 Å². The van der Waals surface area contributed by atoms with Crippen molar-refractivity contribution in [2.75, 3.05) is 6.54 Å². The molecule has 5 saturated carbocycles. The second-order valence-corrected chi connectivity index (χ2v) is 12.6. The van der Waals surface area contributed by atoms with Crippen LogP contribution in [0.1, 0.15) is 97.3 Å². The number of nitrogens with zero attached hydrogens (tertiary/aromatic N) is 1. The summed E-state index contributed by atoms with van der Waals surface area (Å²) in [6.07, 6.45) is 16.2. The van der Waals surface area contributed by atoms with Crippen molar-refractivity contribution in [3.05, 3.63) is 0 Å². The van der Waals surface area contributed by atoms with E-state index >= 15 is 0 Å². The third kappa shape index (κ3) is 4.01. The smallest absolute Gasteiger partial charge is 0.332 e. The van der Waals surface area contributed by atoms with Gasteiger partial charge in [-0.05, 0) is 105 Å². The first-order chi connectivity index (χ1) is 15.4. The molecule has 0 saturated heterocycles. The molecule has 0 aliphatic heterocycles. The molecule has 5 aliphatic rings. The van der Waals surface area contributed by atoms with Gasteiger partial charge >= 0.3 is 6.03 Å². The Balaban J connectivity index is 1.21. The van der Waals surface area contributed by atoms with Crippen molar-refractivity contribution in [2.45, 2.75) is 103 Å². The molecule has 0 heterocycles. The number of carbonyl (C=O) groups is 2. The Bertz CT molecular complexity index is 720. The van der Waals surface area contributed by atoms with Crippen LogP contribution in [0.2, 0.25) is 0 Å². The van der Waals surface area contributed by atoms with Crippen molar-refractivity contribution in [1.29, 1.82) is 0 Å². The number of ketones is 1. The fourth-order valence-electron chi connectivity index (χ4n) is 9.29. The monoisotopic (exact) mass is 443 g/mol. The summed E-state index contributed by atoms with van der Waals surface area (Å²) in [6, 6.07) is -0.0521. The highest BCUT2D eigenvalue weighted by atomic mass is 16.2. The molecule has 5 nitrogen and oxygen atoms in total. The molecular weight excluding hydrogens is 398 g/mol. The number of nitrogens with one attached hydrogen (secondary N) is 1. The van der Waals surface area contributed by atoms with Crippen LogP contribution in [0.25, 0.3) is 0 Å². The lowest BCUT2D eigenvalue weighted by molar-refractivity contribution is -0.131. The first kappa shape index (κ1) is 22.7. The molecule has 0 radical (unpaired) electrons. The van der Waals surface area contributed by atoms with Crippen LogP contribution >= 0.6 is 0 Å².